The number of hydrogen-bond acceptors (Lipinski definition) is 4. The third-order valence-corrected chi connectivity index (χ3v) is 3.77. The monoisotopic (exact) mass is 331 g/mol. The van der Waals surface area contributed by atoms with E-state index in [4.69, 9.17) is 4.74 Å². The van der Waals surface area contributed by atoms with Crippen LogP contribution in [-0.4, -0.2) is 27.1 Å². The number of halogens is 2. The summed E-state index contributed by atoms with van der Waals surface area (Å²) in [6.07, 6.45) is -0.445. The van der Waals surface area contributed by atoms with Crippen molar-refractivity contribution >= 4 is 23.0 Å². The molecule has 0 bridgehead atoms. The number of benzene rings is 1. The highest BCUT2D eigenvalue weighted by Crippen LogP contribution is 2.20. The molecule has 0 fully saturated rings. The summed E-state index contributed by atoms with van der Waals surface area (Å²) >= 11 is -1.77. The Morgan fingerprint density at radius 1 is 1.23 bits per heavy atom. The van der Waals surface area contributed by atoms with Crippen LogP contribution >= 0.6 is 0 Å². The molecule has 1 aromatic carbocycles. The van der Waals surface area contributed by atoms with Crippen molar-refractivity contribution in [2.75, 3.05) is 0 Å². The molecule has 22 heavy (non-hydrogen) atoms. The maximum atomic E-state index is 13.4. The molecule has 0 heterocycles. The second-order valence-corrected chi connectivity index (χ2v) is 7.82. The summed E-state index contributed by atoms with van der Waals surface area (Å²) < 4.78 is 47.0. The lowest BCUT2D eigenvalue weighted by Crippen LogP contribution is -2.30. The second-order valence-electron chi connectivity index (χ2n) is 5.91. The van der Waals surface area contributed by atoms with E-state index in [-0.39, 0.29) is 11.3 Å². The molecular formula is C15H19F2NO3S. The van der Waals surface area contributed by atoms with Gasteiger partial charge in [0.25, 0.3) is 0 Å². The summed E-state index contributed by atoms with van der Waals surface area (Å²) in [5, 5.41) is 0. The molecule has 1 aromatic rings. The van der Waals surface area contributed by atoms with Crippen molar-refractivity contribution in [3.8, 4) is 0 Å². The van der Waals surface area contributed by atoms with Crippen LogP contribution < -0.4 is 0 Å². The predicted octanol–water partition coefficient (Wildman–Crippen LogP) is 3.17. The smallest absolute Gasteiger partial charge is 0.362 e. The van der Waals surface area contributed by atoms with Gasteiger partial charge < -0.3 is 9.29 Å². The fraction of sp³-hybridized carbons (Fsp3) is 0.467. The average molecular weight is 331 g/mol. The van der Waals surface area contributed by atoms with Crippen LogP contribution in [0.4, 0.5) is 8.78 Å². The van der Waals surface area contributed by atoms with Gasteiger partial charge in [0.1, 0.15) is 27.7 Å². The predicted molar refractivity (Wildman–Crippen MR) is 82.0 cm³/mol. The first-order valence-electron chi connectivity index (χ1n) is 6.69. The van der Waals surface area contributed by atoms with Crippen molar-refractivity contribution < 1.29 is 22.9 Å². The van der Waals surface area contributed by atoms with Crippen LogP contribution in [0.15, 0.2) is 22.6 Å². The lowest BCUT2D eigenvalue weighted by atomic mass is 10.1. The third kappa shape index (κ3) is 5.38. The standard InChI is InChI=1S/C15H19F2NO3S/c1-9(2)21-14(19)13(18-22(20)15(3,4)5)10-6-11(16)8-12(17)7-10/h6-9H,1-5H3. The van der Waals surface area contributed by atoms with E-state index < -0.39 is 39.8 Å². The molecule has 0 radical (unpaired) electrons. The van der Waals surface area contributed by atoms with E-state index in [0.29, 0.717) is 6.07 Å². The maximum absolute atomic E-state index is 13.4. The van der Waals surface area contributed by atoms with Gasteiger partial charge in [0, 0.05) is 11.6 Å². The maximum Gasteiger partial charge on any atom is 0.362 e. The van der Waals surface area contributed by atoms with Crippen LogP contribution in [0.1, 0.15) is 40.2 Å². The van der Waals surface area contributed by atoms with Gasteiger partial charge in [-0.25, -0.2) is 13.6 Å². The normalized spacial score (nSPS) is 14.1. The molecule has 0 spiro atoms. The lowest BCUT2D eigenvalue weighted by molar-refractivity contribution is -0.138. The minimum absolute atomic E-state index is 0.110. The second kappa shape index (κ2) is 7.19. The third-order valence-electron chi connectivity index (χ3n) is 2.37. The van der Waals surface area contributed by atoms with Crippen LogP contribution in [-0.2, 0) is 20.9 Å². The highest BCUT2D eigenvalue weighted by molar-refractivity contribution is 7.91. The molecule has 1 rings (SSSR count). The first-order valence-corrected chi connectivity index (χ1v) is 7.79. The van der Waals surface area contributed by atoms with Gasteiger partial charge in [-0.15, -0.1) is 0 Å². The SMILES string of the molecule is CC(C)OC(=O)C(=N[S+]([O-])C(C)(C)C)c1cc(F)cc(F)c1. The summed E-state index contributed by atoms with van der Waals surface area (Å²) in [4.78, 5) is 12.1. The average Bonchev–Trinajstić information content (AvgIpc) is 2.31. The highest BCUT2D eigenvalue weighted by atomic mass is 32.2. The van der Waals surface area contributed by atoms with Crippen LogP contribution in [0.5, 0.6) is 0 Å². The summed E-state index contributed by atoms with van der Waals surface area (Å²) in [6, 6.07) is 2.57. The molecule has 4 nitrogen and oxygen atoms in total. The van der Waals surface area contributed by atoms with E-state index in [1.165, 1.54) is 0 Å². The Balaban J connectivity index is 3.33. The van der Waals surface area contributed by atoms with Crippen molar-refractivity contribution in [1.82, 2.24) is 0 Å². The Hall–Kier alpha value is -1.47. The number of carbonyl (C=O) groups is 1. The van der Waals surface area contributed by atoms with Gasteiger partial charge in [-0.3, -0.25) is 0 Å². The number of ether oxygens (including phenoxy) is 1. The van der Waals surface area contributed by atoms with Crippen LogP contribution in [0.2, 0.25) is 0 Å². The molecule has 0 saturated heterocycles. The molecule has 122 valence electrons. The fourth-order valence-corrected chi connectivity index (χ4v) is 2.01. The Kier molecular flexibility index (Phi) is 6.08. The van der Waals surface area contributed by atoms with Gasteiger partial charge in [0.15, 0.2) is 0 Å². The van der Waals surface area contributed by atoms with Gasteiger partial charge in [-0.1, -0.05) is 4.40 Å². The first-order chi connectivity index (χ1) is 10.0. The molecule has 1 atom stereocenters. The number of esters is 1. The fourth-order valence-electron chi connectivity index (χ4n) is 1.39. The van der Waals surface area contributed by atoms with Crippen molar-refractivity contribution in [1.29, 1.82) is 0 Å². The zero-order valence-electron chi connectivity index (χ0n) is 13.1. The van der Waals surface area contributed by atoms with E-state index in [1.807, 2.05) is 0 Å². The van der Waals surface area contributed by atoms with Gasteiger partial charge in [-0.2, -0.15) is 0 Å². The Morgan fingerprint density at radius 2 is 1.73 bits per heavy atom. The molecule has 0 saturated carbocycles. The molecule has 0 aromatic heterocycles. The van der Waals surface area contributed by atoms with Gasteiger partial charge in [0.2, 0.25) is 5.71 Å². The number of rotatable bonds is 4. The molecule has 0 aliphatic carbocycles. The Bertz CT molecular complexity index is 562. The van der Waals surface area contributed by atoms with Crippen molar-refractivity contribution in [3.63, 3.8) is 0 Å². The van der Waals surface area contributed by atoms with Gasteiger partial charge in [0.05, 0.1) is 6.10 Å². The molecule has 1 unspecified atom stereocenters. The lowest BCUT2D eigenvalue weighted by Gasteiger charge is -2.19. The first kappa shape index (κ1) is 18.6. The van der Waals surface area contributed by atoms with E-state index in [9.17, 15) is 18.1 Å². The minimum Gasteiger partial charge on any atom is -0.591 e. The zero-order valence-corrected chi connectivity index (χ0v) is 14.0. The summed E-state index contributed by atoms with van der Waals surface area (Å²) in [7, 11) is 0. The molecule has 0 amide bonds. The summed E-state index contributed by atoms with van der Waals surface area (Å²) in [5.74, 6) is -2.60. The van der Waals surface area contributed by atoms with Crippen LogP contribution in [0, 0.1) is 11.6 Å². The summed E-state index contributed by atoms with van der Waals surface area (Å²) in [5.41, 5.74) is -0.471. The summed E-state index contributed by atoms with van der Waals surface area (Å²) in [6.45, 7) is 8.27. The van der Waals surface area contributed by atoms with Crippen molar-refractivity contribution in [2.45, 2.75) is 45.5 Å². The number of nitrogens with zero attached hydrogens (tertiary/aromatic N) is 1. The molecule has 0 N–H and O–H groups in total. The zero-order chi connectivity index (χ0) is 17.1. The number of hydrogen-bond donors (Lipinski definition) is 0. The molecule has 0 aliphatic heterocycles. The van der Waals surface area contributed by atoms with E-state index in [2.05, 4.69) is 4.40 Å². The van der Waals surface area contributed by atoms with Crippen LogP contribution in [0.3, 0.4) is 0 Å². The van der Waals surface area contributed by atoms with Crippen LogP contribution in [0.25, 0.3) is 0 Å². The largest absolute Gasteiger partial charge is 0.591 e. The van der Waals surface area contributed by atoms with E-state index in [1.54, 1.807) is 34.6 Å². The van der Waals surface area contributed by atoms with Crippen molar-refractivity contribution in [3.05, 3.63) is 35.4 Å². The quantitative estimate of drug-likeness (QED) is 0.484. The number of carbonyl (C=O) groups excluding carboxylic acids is 1. The topological polar surface area (TPSA) is 61.7 Å². The van der Waals surface area contributed by atoms with Gasteiger partial charge >= 0.3 is 5.97 Å². The highest BCUT2D eigenvalue weighted by Gasteiger charge is 2.30. The molecular weight excluding hydrogens is 312 g/mol. The molecule has 7 heteroatoms. The molecule has 0 aliphatic rings. The Labute approximate surface area is 131 Å². The van der Waals surface area contributed by atoms with E-state index in [0.717, 1.165) is 12.1 Å². The van der Waals surface area contributed by atoms with Crippen molar-refractivity contribution in [2.24, 2.45) is 4.40 Å². The van der Waals surface area contributed by atoms with Gasteiger partial charge in [-0.05, 0) is 46.8 Å². The Morgan fingerprint density at radius 3 is 2.14 bits per heavy atom. The van der Waals surface area contributed by atoms with E-state index >= 15 is 0 Å². The minimum atomic E-state index is -1.77.